The average molecular weight is 364 g/mol. The number of carbonyl (C=O) groups is 3. The van der Waals surface area contributed by atoms with Crippen LogP contribution in [0.2, 0.25) is 0 Å². The highest BCUT2D eigenvalue weighted by molar-refractivity contribution is 5.89. The molecule has 144 valence electrons. The van der Waals surface area contributed by atoms with Crippen LogP contribution in [0.4, 0.5) is 0 Å². The minimum absolute atomic E-state index is 0.00132. The van der Waals surface area contributed by atoms with E-state index >= 15 is 0 Å². The maximum absolute atomic E-state index is 12.5. The van der Waals surface area contributed by atoms with Crippen molar-refractivity contribution in [1.82, 2.24) is 0 Å². The zero-order chi connectivity index (χ0) is 19.8. The summed E-state index contributed by atoms with van der Waals surface area (Å²) in [5.74, 6) is -2.21. The van der Waals surface area contributed by atoms with Gasteiger partial charge in [0, 0.05) is 24.8 Å². The molecule has 0 heterocycles. The average Bonchev–Trinajstić information content (AvgIpc) is 2.86. The molecule has 0 aromatic heterocycles. The number of Topliss-reactive ketones (excluding diaryl/α,β-unsaturated/α-hetero) is 1. The van der Waals surface area contributed by atoms with Crippen molar-refractivity contribution in [3.8, 4) is 0 Å². The molecule has 0 aromatic rings. The Bertz CT molecular complexity index is 647. The molecule has 2 fully saturated rings. The second-order valence-corrected chi connectivity index (χ2v) is 7.57. The maximum atomic E-state index is 12.5. The molecule has 0 aliphatic heterocycles. The highest BCUT2D eigenvalue weighted by Crippen LogP contribution is 2.50. The van der Waals surface area contributed by atoms with Gasteiger partial charge in [-0.15, -0.1) is 0 Å². The molecule has 0 amide bonds. The van der Waals surface area contributed by atoms with Crippen LogP contribution in [-0.4, -0.2) is 41.1 Å². The summed E-state index contributed by atoms with van der Waals surface area (Å²) in [4.78, 5) is 36.1. The zero-order valence-electron chi connectivity index (χ0n) is 16.0. The highest BCUT2D eigenvalue weighted by atomic mass is 16.6. The number of esters is 2. The van der Waals surface area contributed by atoms with Crippen LogP contribution in [0.25, 0.3) is 0 Å². The van der Waals surface area contributed by atoms with Gasteiger partial charge in [-0.1, -0.05) is 26.5 Å². The highest BCUT2D eigenvalue weighted by Gasteiger charge is 2.58. The van der Waals surface area contributed by atoms with E-state index in [0.29, 0.717) is 11.1 Å². The fraction of sp³-hybridized carbons (Fsp3) is 0.650. The van der Waals surface area contributed by atoms with Crippen molar-refractivity contribution >= 4 is 17.7 Å². The quantitative estimate of drug-likeness (QED) is 0.467. The van der Waals surface area contributed by atoms with Crippen LogP contribution in [0.1, 0.15) is 41.0 Å². The van der Waals surface area contributed by atoms with Gasteiger partial charge in [0.05, 0.1) is 6.10 Å². The molecule has 6 unspecified atom stereocenters. The molecule has 2 aliphatic rings. The molecule has 6 atom stereocenters. The summed E-state index contributed by atoms with van der Waals surface area (Å²) in [5.41, 5.74) is 0.952. The SMILES string of the molecule is C=C1C2CC(=O)C(OC(C)=O)C2C(C(C)C)C(O)C1OC(=O)C(C)=CC. The molecule has 0 radical (unpaired) electrons. The van der Waals surface area contributed by atoms with Gasteiger partial charge in [-0.2, -0.15) is 0 Å². The molecular weight excluding hydrogens is 336 g/mol. The van der Waals surface area contributed by atoms with Crippen LogP contribution < -0.4 is 0 Å². The lowest BCUT2D eigenvalue weighted by Crippen LogP contribution is -2.53. The van der Waals surface area contributed by atoms with Gasteiger partial charge in [0.15, 0.2) is 11.9 Å². The number of ether oxygens (including phenoxy) is 2. The molecule has 6 heteroatoms. The number of carbonyl (C=O) groups excluding carboxylic acids is 3. The lowest BCUT2D eigenvalue weighted by atomic mass is 9.64. The second kappa shape index (κ2) is 7.74. The summed E-state index contributed by atoms with van der Waals surface area (Å²) >= 11 is 0. The molecule has 0 saturated heterocycles. The molecule has 0 bridgehead atoms. The van der Waals surface area contributed by atoms with Crippen molar-refractivity contribution < 1.29 is 29.0 Å². The van der Waals surface area contributed by atoms with Crippen molar-refractivity contribution in [2.45, 2.75) is 59.4 Å². The Balaban J connectivity index is 2.37. The van der Waals surface area contributed by atoms with Crippen LogP contribution >= 0.6 is 0 Å². The van der Waals surface area contributed by atoms with Gasteiger partial charge in [-0.05, 0) is 37.2 Å². The third-order valence-electron chi connectivity index (χ3n) is 5.60. The summed E-state index contributed by atoms with van der Waals surface area (Å²) in [5, 5.41) is 10.9. The molecule has 0 aromatic carbocycles. The van der Waals surface area contributed by atoms with E-state index < -0.39 is 30.3 Å². The number of hydrogen-bond donors (Lipinski definition) is 1. The number of rotatable bonds is 4. The van der Waals surface area contributed by atoms with Crippen LogP contribution in [0.3, 0.4) is 0 Å². The topological polar surface area (TPSA) is 89.9 Å². The van der Waals surface area contributed by atoms with E-state index in [1.54, 1.807) is 19.9 Å². The first-order valence-corrected chi connectivity index (χ1v) is 9.00. The number of aliphatic hydroxyl groups excluding tert-OH is 1. The number of hydrogen-bond acceptors (Lipinski definition) is 6. The summed E-state index contributed by atoms with van der Waals surface area (Å²) in [7, 11) is 0. The monoisotopic (exact) mass is 364 g/mol. The van der Waals surface area contributed by atoms with Gasteiger partial charge >= 0.3 is 11.9 Å². The maximum Gasteiger partial charge on any atom is 0.334 e. The molecule has 2 saturated carbocycles. The van der Waals surface area contributed by atoms with E-state index in [9.17, 15) is 19.5 Å². The first-order valence-electron chi connectivity index (χ1n) is 9.00. The van der Waals surface area contributed by atoms with Gasteiger partial charge in [0.2, 0.25) is 0 Å². The van der Waals surface area contributed by atoms with Gasteiger partial charge < -0.3 is 14.6 Å². The summed E-state index contributed by atoms with van der Waals surface area (Å²) in [6, 6.07) is 0. The smallest absolute Gasteiger partial charge is 0.334 e. The van der Waals surface area contributed by atoms with Crippen LogP contribution in [0.5, 0.6) is 0 Å². The standard InChI is InChI=1S/C20H28O6/c1-7-10(4)20(24)26-18-11(5)13-8-14(22)19(25-12(6)21)16(13)15(9(2)3)17(18)23/h7,9,13,15-19,23H,5,8H2,1-4,6H3. The minimum Gasteiger partial charge on any atom is -0.454 e. The fourth-order valence-electron chi connectivity index (χ4n) is 4.24. The molecule has 6 nitrogen and oxygen atoms in total. The van der Waals surface area contributed by atoms with Crippen molar-refractivity contribution in [2.75, 3.05) is 0 Å². The molecule has 2 aliphatic carbocycles. The molecule has 0 spiro atoms. The zero-order valence-corrected chi connectivity index (χ0v) is 16.0. The third-order valence-corrected chi connectivity index (χ3v) is 5.60. The Morgan fingerprint density at radius 1 is 1.23 bits per heavy atom. The number of allylic oxidation sites excluding steroid dienone is 1. The van der Waals surface area contributed by atoms with Crippen molar-refractivity contribution in [2.24, 2.45) is 23.7 Å². The van der Waals surface area contributed by atoms with E-state index in [2.05, 4.69) is 6.58 Å². The number of aliphatic hydroxyl groups is 1. The summed E-state index contributed by atoms with van der Waals surface area (Å²) in [6.07, 6.45) is -0.964. The van der Waals surface area contributed by atoms with Crippen LogP contribution in [0.15, 0.2) is 23.8 Å². The lowest BCUT2D eigenvalue weighted by molar-refractivity contribution is -0.165. The number of ketones is 1. The predicted molar refractivity (Wildman–Crippen MR) is 94.9 cm³/mol. The normalized spacial score (nSPS) is 34.7. The second-order valence-electron chi connectivity index (χ2n) is 7.57. The largest absolute Gasteiger partial charge is 0.454 e. The van der Waals surface area contributed by atoms with Gasteiger partial charge in [-0.3, -0.25) is 9.59 Å². The van der Waals surface area contributed by atoms with E-state index in [1.165, 1.54) is 6.92 Å². The predicted octanol–water partition coefficient (Wildman–Crippen LogP) is 2.20. The van der Waals surface area contributed by atoms with Crippen molar-refractivity contribution in [3.63, 3.8) is 0 Å². The first-order chi connectivity index (χ1) is 12.1. The van der Waals surface area contributed by atoms with Crippen molar-refractivity contribution in [1.29, 1.82) is 0 Å². The molecule has 1 N–H and O–H groups in total. The minimum atomic E-state index is -1.01. The lowest BCUT2D eigenvalue weighted by Gasteiger charge is -2.46. The third kappa shape index (κ3) is 3.61. The molecule has 26 heavy (non-hydrogen) atoms. The molecule has 2 rings (SSSR count). The van der Waals surface area contributed by atoms with E-state index in [-0.39, 0.29) is 35.9 Å². The van der Waals surface area contributed by atoms with Gasteiger partial charge in [0.25, 0.3) is 0 Å². The van der Waals surface area contributed by atoms with E-state index in [4.69, 9.17) is 9.47 Å². The Kier molecular flexibility index (Phi) is 6.06. The summed E-state index contributed by atoms with van der Waals surface area (Å²) < 4.78 is 10.8. The van der Waals surface area contributed by atoms with E-state index in [1.807, 2.05) is 13.8 Å². The Morgan fingerprint density at radius 3 is 2.35 bits per heavy atom. The van der Waals surface area contributed by atoms with Gasteiger partial charge in [0.1, 0.15) is 6.10 Å². The van der Waals surface area contributed by atoms with Crippen molar-refractivity contribution in [3.05, 3.63) is 23.8 Å². The summed E-state index contributed by atoms with van der Waals surface area (Å²) in [6.45, 7) is 12.5. The van der Waals surface area contributed by atoms with E-state index in [0.717, 1.165) is 0 Å². The Labute approximate surface area is 154 Å². The fourth-order valence-corrected chi connectivity index (χ4v) is 4.24. The first kappa shape index (κ1) is 20.4. The molecular formula is C20H28O6. The van der Waals surface area contributed by atoms with Crippen LogP contribution in [0, 0.1) is 23.7 Å². The Morgan fingerprint density at radius 2 is 1.85 bits per heavy atom. The number of fused-ring (bicyclic) bond motifs is 1. The Hall–Kier alpha value is -1.95. The van der Waals surface area contributed by atoms with Gasteiger partial charge in [-0.25, -0.2) is 4.79 Å². The van der Waals surface area contributed by atoms with Crippen LogP contribution in [-0.2, 0) is 23.9 Å².